The van der Waals surface area contributed by atoms with Gasteiger partial charge in [-0.2, -0.15) is 10.5 Å². The Morgan fingerprint density at radius 3 is 2.94 bits per heavy atom. The molecule has 1 unspecified atom stereocenters. The molecule has 7 atom stereocenters. The highest BCUT2D eigenvalue weighted by Crippen LogP contribution is 2.48. The van der Waals surface area contributed by atoms with Gasteiger partial charge >= 0.3 is 0 Å². The van der Waals surface area contributed by atoms with Crippen molar-refractivity contribution < 1.29 is 9.59 Å². The van der Waals surface area contributed by atoms with Crippen molar-refractivity contribution in [1.82, 2.24) is 35.3 Å². The molecule has 5 aliphatic rings. The summed E-state index contributed by atoms with van der Waals surface area (Å²) in [5.41, 5.74) is 9.70. The Hall–Kier alpha value is -3.36. The van der Waals surface area contributed by atoms with Gasteiger partial charge in [0.1, 0.15) is 6.04 Å². The number of likely N-dealkylation sites (tertiary alicyclic amines) is 3. The number of carbonyl (C=O) groups is 2. The maximum absolute atomic E-state index is 13.5. The molecule has 0 spiro atoms. The first-order chi connectivity index (χ1) is 17.0. The molecule has 11 heteroatoms. The Morgan fingerprint density at radius 1 is 1.29 bits per heavy atom. The van der Waals surface area contributed by atoms with Crippen LogP contribution in [0.25, 0.3) is 11.4 Å². The van der Waals surface area contributed by atoms with Gasteiger partial charge in [-0.25, -0.2) is 0 Å². The van der Waals surface area contributed by atoms with Gasteiger partial charge in [-0.15, -0.1) is 10.2 Å². The van der Waals surface area contributed by atoms with Crippen LogP contribution in [0.15, 0.2) is 18.2 Å². The smallest absolute Gasteiger partial charge is 0.242 e. The van der Waals surface area contributed by atoms with Crippen LogP contribution in [0.5, 0.6) is 0 Å². The number of benzene rings is 1. The fourth-order valence-electron chi connectivity index (χ4n) is 7.02. The minimum Gasteiger partial charge on any atom is -0.330 e. The molecule has 180 valence electrons. The third kappa shape index (κ3) is 3.13. The van der Waals surface area contributed by atoms with Crippen molar-refractivity contribution in [2.75, 3.05) is 13.1 Å². The summed E-state index contributed by atoms with van der Waals surface area (Å²) in [5.74, 6) is 1.03. The molecule has 4 fully saturated rings. The van der Waals surface area contributed by atoms with E-state index in [1.54, 1.807) is 4.90 Å². The van der Waals surface area contributed by atoms with Crippen LogP contribution >= 0.6 is 0 Å². The van der Waals surface area contributed by atoms with Crippen LogP contribution in [0.2, 0.25) is 0 Å². The summed E-state index contributed by atoms with van der Waals surface area (Å²) < 4.78 is 0. The van der Waals surface area contributed by atoms with Gasteiger partial charge in [-0.1, -0.05) is 12.1 Å². The normalized spacial score (nSPS) is 33.7. The lowest BCUT2D eigenvalue weighted by Crippen LogP contribution is -2.57. The Labute approximate surface area is 202 Å². The number of amides is 2. The quantitative estimate of drug-likeness (QED) is 0.616. The molecule has 1 aromatic heterocycles. The summed E-state index contributed by atoms with van der Waals surface area (Å²) in [6.45, 7) is 1.10. The minimum absolute atomic E-state index is 0.0806. The van der Waals surface area contributed by atoms with Crippen molar-refractivity contribution >= 4 is 11.8 Å². The number of piperazine rings is 1. The maximum atomic E-state index is 13.5. The SMILES string of the molecule is N#C[C@@H]1CC2C[C@@H]2N1C(=O)[C@@H](N)CN1C[C@H]2C[C@@H]1C(=O)N2[C@@H]1CCc2cc(-c3nn[nH]n3)ccc21. The molecule has 35 heavy (non-hydrogen) atoms. The summed E-state index contributed by atoms with van der Waals surface area (Å²) in [6.07, 6.45) is 4.35. The molecule has 2 aromatic rings. The predicted octanol–water partition coefficient (Wildman–Crippen LogP) is -0.0206. The van der Waals surface area contributed by atoms with Crippen LogP contribution in [-0.2, 0) is 16.0 Å². The number of aromatic nitrogens is 4. The topological polar surface area (TPSA) is 148 Å². The third-order valence-electron chi connectivity index (χ3n) is 8.70. The van der Waals surface area contributed by atoms with Crippen LogP contribution in [0.1, 0.15) is 42.9 Å². The zero-order valence-corrected chi connectivity index (χ0v) is 19.2. The van der Waals surface area contributed by atoms with Crippen LogP contribution < -0.4 is 5.73 Å². The zero-order valence-electron chi connectivity index (χ0n) is 19.2. The first-order valence-corrected chi connectivity index (χ1v) is 12.4. The van der Waals surface area contributed by atoms with E-state index >= 15 is 0 Å². The summed E-state index contributed by atoms with van der Waals surface area (Å²) in [4.78, 5) is 32.4. The van der Waals surface area contributed by atoms with E-state index < -0.39 is 6.04 Å². The first kappa shape index (κ1) is 21.0. The maximum Gasteiger partial charge on any atom is 0.242 e. The molecule has 7 rings (SSSR count). The molecule has 3 aliphatic heterocycles. The first-order valence-electron chi connectivity index (χ1n) is 12.4. The number of nitrogens with one attached hydrogen (secondary N) is 1. The summed E-state index contributed by atoms with van der Waals surface area (Å²) in [5, 5.41) is 23.7. The lowest BCUT2D eigenvalue weighted by molar-refractivity contribution is -0.141. The molecule has 3 N–H and O–H groups in total. The average molecular weight is 474 g/mol. The van der Waals surface area contributed by atoms with Gasteiger partial charge < -0.3 is 15.5 Å². The number of nitrogens with zero attached hydrogens (tertiary/aromatic N) is 7. The lowest BCUT2D eigenvalue weighted by Gasteiger charge is -2.38. The van der Waals surface area contributed by atoms with Crippen LogP contribution in [0.4, 0.5) is 0 Å². The Bertz CT molecular complexity index is 1240. The molecule has 1 saturated carbocycles. The average Bonchev–Trinajstić information content (AvgIpc) is 3.43. The number of hydrogen-bond acceptors (Lipinski definition) is 8. The molecule has 2 amide bonds. The highest BCUT2D eigenvalue weighted by atomic mass is 16.2. The van der Waals surface area contributed by atoms with E-state index in [-0.39, 0.29) is 42.0 Å². The Kier molecular flexibility index (Phi) is 4.53. The van der Waals surface area contributed by atoms with Crippen molar-refractivity contribution in [1.29, 1.82) is 5.26 Å². The molecule has 2 aliphatic carbocycles. The summed E-state index contributed by atoms with van der Waals surface area (Å²) >= 11 is 0. The van der Waals surface area contributed by atoms with Crippen LogP contribution in [-0.4, -0.2) is 90.4 Å². The third-order valence-corrected chi connectivity index (χ3v) is 8.70. The number of nitrogens with two attached hydrogens (primary N) is 1. The molecule has 1 aromatic carbocycles. The minimum atomic E-state index is -0.707. The molecule has 11 nitrogen and oxygen atoms in total. The van der Waals surface area contributed by atoms with E-state index in [1.165, 1.54) is 11.1 Å². The van der Waals surface area contributed by atoms with Gasteiger partial charge in [0, 0.05) is 30.7 Å². The van der Waals surface area contributed by atoms with Crippen molar-refractivity contribution in [2.45, 2.75) is 68.4 Å². The second-order valence-electron chi connectivity index (χ2n) is 10.6. The van der Waals surface area contributed by atoms with Crippen molar-refractivity contribution in [3.8, 4) is 17.5 Å². The van der Waals surface area contributed by atoms with E-state index in [4.69, 9.17) is 5.73 Å². The van der Waals surface area contributed by atoms with Gasteiger partial charge in [-0.3, -0.25) is 14.5 Å². The zero-order chi connectivity index (χ0) is 23.8. The molecule has 0 radical (unpaired) electrons. The Morgan fingerprint density at radius 2 is 2.17 bits per heavy atom. The molecular weight excluding hydrogens is 446 g/mol. The second-order valence-corrected chi connectivity index (χ2v) is 10.6. The number of piperidine rings is 1. The van der Waals surface area contributed by atoms with Gasteiger partial charge in [-0.05, 0) is 60.4 Å². The molecule has 2 bridgehead atoms. The van der Waals surface area contributed by atoms with Gasteiger partial charge in [0.25, 0.3) is 0 Å². The van der Waals surface area contributed by atoms with E-state index in [1.807, 2.05) is 6.07 Å². The monoisotopic (exact) mass is 473 g/mol. The van der Waals surface area contributed by atoms with Crippen molar-refractivity contribution in [3.05, 3.63) is 29.3 Å². The molecule has 3 saturated heterocycles. The highest BCUT2D eigenvalue weighted by Gasteiger charge is 2.56. The number of hydrogen-bond donors (Lipinski definition) is 2. The number of fused-ring (bicyclic) bond motifs is 4. The van der Waals surface area contributed by atoms with E-state index in [0.717, 1.165) is 44.2 Å². The van der Waals surface area contributed by atoms with Crippen LogP contribution in [0, 0.1) is 17.2 Å². The fourth-order valence-corrected chi connectivity index (χ4v) is 7.02. The van der Waals surface area contributed by atoms with Crippen molar-refractivity contribution in [2.24, 2.45) is 11.7 Å². The number of aromatic amines is 1. The number of aryl methyl sites for hydroxylation is 1. The molecule has 4 heterocycles. The van der Waals surface area contributed by atoms with Gasteiger partial charge in [0.2, 0.25) is 17.6 Å². The van der Waals surface area contributed by atoms with Gasteiger partial charge in [0.15, 0.2) is 0 Å². The second kappa shape index (κ2) is 7.57. The predicted molar refractivity (Wildman–Crippen MR) is 122 cm³/mol. The fraction of sp³-hybridized carbons (Fsp3) is 0.583. The summed E-state index contributed by atoms with van der Waals surface area (Å²) in [6, 6.07) is 7.57. The van der Waals surface area contributed by atoms with E-state index in [2.05, 4.69) is 48.6 Å². The Balaban J connectivity index is 1.03. The number of rotatable bonds is 5. The van der Waals surface area contributed by atoms with Gasteiger partial charge in [0.05, 0.1) is 24.2 Å². The van der Waals surface area contributed by atoms with E-state index in [0.29, 0.717) is 18.3 Å². The highest BCUT2D eigenvalue weighted by molar-refractivity contribution is 5.87. The number of tetrazole rings is 1. The largest absolute Gasteiger partial charge is 0.330 e. The lowest BCUT2D eigenvalue weighted by atomic mass is 10.0. The number of nitriles is 1. The molecular formula is C24H27N9O2. The number of H-pyrrole nitrogens is 1. The summed E-state index contributed by atoms with van der Waals surface area (Å²) in [7, 11) is 0. The standard InChI is InChI=1S/C24H27N9O2/c25-9-15-6-14-7-20(14)32(15)23(34)18(26)11-31-10-16-8-21(31)24(35)33(16)19-4-2-12-5-13(1-3-17(12)19)22-27-29-30-28-22/h1,3,5,14-16,18-21H,2,4,6-8,10-11,26H2,(H,27,28,29,30)/t14?,15-,16+,18-,19+,20-,21+/m0/s1. The van der Waals surface area contributed by atoms with E-state index in [9.17, 15) is 14.9 Å². The van der Waals surface area contributed by atoms with Crippen LogP contribution in [0.3, 0.4) is 0 Å². The number of carbonyl (C=O) groups excluding carboxylic acids is 2. The van der Waals surface area contributed by atoms with Crippen molar-refractivity contribution in [3.63, 3.8) is 0 Å².